The molecule has 1 aromatic heterocycles. The number of amides is 1. The molecule has 25 heavy (non-hydrogen) atoms. The van der Waals surface area contributed by atoms with Gasteiger partial charge >= 0.3 is 5.97 Å². The van der Waals surface area contributed by atoms with Crippen LogP contribution in [0.1, 0.15) is 16.8 Å². The Morgan fingerprint density at radius 1 is 1.28 bits per heavy atom. The number of aromatic carboxylic acids is 1. The van der Waals surface area contributed by atoms with Crippen LogP contribution in [0.3, 0.4) is 0 Å². The van der Waals surface area contributed by atoms with E-state index in [1.54, 1.807) is 4.90 Å². The molecule has 0 atom stereocenters. The van der Waals surface area contributed by atoms with Crippen LogP contribution in [0.2, 0.25) is 0 Å². The van der Waals surface area contributed by atoms with Crippen LogP contribution in [0.5, 0.6) is 0 Å². The number of aromatic nitrogens is 2. The Kier molecular flexibility index (Phi) is 5.60. The van der Waals surface area contributed by atoms with Crippen molar-refractivity contribution >= 4 is 41.5 Å². The van der Waals surface area contributed by atoms with Gasteiger partial charge in [0.25, 0.3) is 5.56 Å². The molecule has 3 rings (SSSR count). The molecule has 1 amide bonds. The lowest BCUT2D eigenvalue weighted by atomic mass is 10.2. The standard InChI is InChI=1S/C15H15N5O4.ClH/c21-11(19-10-3-1-9(2-4-10)15(23)24)5-6-20-8-18-12-13(20)16-7-17-14(12)22;/h1-4,7,18H,5-6,8H2,(H,19,21)(H,23,24)(H,16,17,22);1H. The van der Waals surface area contributed by atoms with Gasteiger partial charge in [-0.05, 0) is 24.3 Å². The second-order valence-electron chi connectivity index (χ2n) is 5.21. The number of carbonyl (C=O) groups is 2. The van der Waals surface area contributed by atoms with Gasteiger partial charge in [-0.3, -0.25) is 9.59 Å². The first-order valence-electron chi connectivity index (χ1n) is 7.24. The average Bonchev–Trinajstić information content (AvgIpc) is 2.98. The van der Waals surface area contributed by atoms with E-state index in [1.165, 1.54) is 30.6 Å². The Bertz CT molecular complexity index is 837. The van der Waals surface area contributed by atoms with Crippen LogP contribution in [-0.4, -0.2) is 40.2 Å². The van der Waals surface area contributed by atoms with Crippen molar-refractivity contribution in [1.82, 2.24) is 9.97 Å². The molecule has 1 aliphatic heterocycles. The summed E-state index contributed by atoms with van der Waals surface area (Å²) >= 11 is 0. The molecule has 0 bridgehead atoms. The third-order valence-corrected chi connectivity index (χ3v) is 3.60. The van der Waals surface area contributed by atoms with Gasteiger partial charge in [0.05, 0.1) is 18.6 Å². The number of carboxylic acids is 1. The predicted octanol–water partition coefficient (Wildman–Crippen LogP) is 1.11. The highest BCUT2D eigenvalue weighted by molar-refractivity contribution is 5.92. The molecule has 9 nitrogen and oxygen atoms in total. The zero-order valence-electron chi connectivity index (χ0n) is 13.0. The van der Waals surface area contributed by atoms with E-state index in [-0.39, 0.29) is 35.9 Å². The quantitative estimate of drug-likeness (QED) is 0.624. The predicted molar refractivity (Wildman–Crippen MR) is 94.6 cm³/mol. The summed E-state index contributed by atoms with van der Waals surface area (Å²) in [6, 6.07) is 5.92. The van der Waals surface area contributed by atoms with Crippen molar-refractivity contribution in [2.24, 2.45) is 0 Å². The van der Waals surface area contributed by atoms with Gasteiger partial charge in [0.2, 0.25) is 5.91 Å². The van der Waals surface area contributed by atoms with Gasteiger partial charge in [-0.1, -0.05) is 0 Å². The van der Waals surface area contributed by atoms with Crippen LogP contribution in [0.15, 0.2) is 35.4 Å². The SMILES string of the molecule is Cl.O=C(CCN1CNc2c1nc[nH]c2=O)Nc1ccc(C(=O)O)cc1. The number of hydrogen-bond acceptors (Lipinski definition) is 6. The molecule has 0 spiro atoms. The van der Waals surface area contributed by atoms with Crippen LogP contribution < -0.4 is 21.1 Å². The zero-order valence-corrected chi connectivity index (χ0v) is 13.8. The maximum Gasteiger partial charge on any atom is 0.335 e. The van der Waals surface area contributed by atoms with Crippen molar-refractivity contribution in [3.63, 3.8) is 0 Å². The van der Waals surface area contributed by atoms with Crippen LogP contribution in [-0.2, 0) is 4.79 Å². The third kappa shape index (κ3) is 4.07. The number of aromatic amines is 1. The molecule has 2 aromatic rings. The van der Waals surface area contributed by atoms with Crippen molar-refractivity contribution in [2.45, 2.75) is 6.42 Å². The van der Waals surface area contributed by atoms with Crippen molar-refractivity contribution in [1.29, 1.82) is 0 Å². The van der Waals surface area contributed by atoms with Gasteiger partial charge in [0.15, 0.2) is 5.82 Å². The fraction of sp³-hybridized carbons (Fsp3) is 0.200. The molecule has 0 aliphatic carbocycles. The minimum Gasteiger partial charge on any atom is -0.478 e. The lowest BCUT2D eigenvalue weighted by molar-refractivity contribution is -0.116. The van der Waals surface area contributed by atoms with E-state index in [0.717, 1.165) is 0 Å². The number of carboxylic acid groups (broad SMARTS) is 1. The number of benzene rings is 1. The maximum atomic E-state index is 12.0. The second-order valence-corrected chi connectivity index (χ2v) is 5.21. The second kappa shape index (κ2) is 7.67. The number of hydrogen-bond donors (Lipinski definition) is 4. The first kappa shape index (κ1) is 18.3. The lowest BCUT2D eigenvalue weighted by Crippen LogP contribution is -2.28. The number of carbonyl (C=O) groups excluding carboxylic acids is 1. The monoisotopic (exact) mass is 365 g/mol. The first-order chi connectivity index (χ1) is 11.5. The van der Waals surface area contributed by atoms with Crippen molar-refractivity contribution in [2.75, 3.05) is 28.7 Å². The number of anilines is 3. The first-order valence-corrected chi connectivity index (χ1v) is 7.24. The number of rotatable bonds is 5. The van der Waals surface area contributed by atoms with E-state index in [0.29, 0.717) is 30.4 Å². The highest BCUT2D eigenvalue weighted by atomic mass is 35.5. The summed E-state index contributed by atoms with van der Waals surface area (Å²) in [7, 11) is 0. The molecule has 0 unspecified atom stereocenters. The molecular formula is C15H16ClN5O4. The molecule has 1 aliphatic rings. The van der Waals surface area contributed by atoms with E-state index in [4.69, 9.17) is 5.11 Å². The van der Waals surface area contributed by atoms with Crippen LogP contribution >= 0.6 is 12.4 Å². The van der Waals surface area contributed by atoms with Gasteiger partial charge in [0, 0.05) is 18.7 Å². The number of H-pyrrole nitrogens is 1. The third-order valence-electron chi connectivity index (χ3n) is 3.60. The van der Waals surface area contributed by atoms with E-state index in [1.807, 2.05) is 0 Å². The Morgan fingerprint density at radius 2 is 2.00 bits per heavy atom. The Balaban J connectivity index is 0.00000225. The van der Waals surface area contributed by atoms with Crippen LogP contribution in [0.25, 0.3) is 0 Å². The summed E-state index contributed by atoms with van der Waals surface area (Å²) in [6.45, 7) is 0.811. The highest BCUT2D eigenvalue weighted by Crippen LogP contribution is 2.24. The molecular weight excluding hydrogens is 350 g/mol. The van der Waals surface area contributed by atoms with Crippen LogP contribution in [0, 0.1) is 0 Å². The summed E-state index contributed by atoms with van der Waals surface area (Å²) < 4.78 is 0. The minimum absolute atomic E-state index is 0. The summed E-state index contributed by atoms with van der Waals surface area (Å²) in [5.41, 5.74) is 0.844. The van der Waals surface area contributed by atoms with Gasteiger partial charge in [-0.25, -0.2) is 9.78 Å². The van der Waals surface area contributed by atoms with Crippen molar-refractivity contribution in [3.05, 3.63) is 46.5 Å². The maximum absolute atomic E-state index is 12.0. The average molecular weight is 366 g/mol. The van der Waals surface area contributed by atoms with Gasteiger partial charge < -0.3 is 25.6 Å². The fourth-order valence-corrected chi connectivity index (χ4v) is 2.38. The van der Waals surface area contributed by atoms with E-state index in [2.05, 4.69) is 20.6 Å². The fourth-order valence-electron chi connectivity index (χ4n) is 2.38. The summed E-state index contributed by atoms with van der Waals surface area (Å²) in [4.78, 5) is 42.8. The van der Waals surface area contributed by atoms with Crippen molar-refractivity contribution < 1.29 is 14.7 Å². The molecule has 4 N–H and O–H groups in total. The molecule has 132 valence electrons. The largest absolute Gasteiger partial charge is 0.478 e. The van der Waals surface area contributed by atoms with Gasteiger partial charge in [0.1, 0.15) is 5.69 Å². The van der Waals surface area contributed by atoms with Crippen molar-refractivity contribution in [3.8, 4) is 0 Å². The molecule has 1 aromatic carbocycles. The van der Waals surface area contributed by atoms with E-state index in [9.17, 15) is 14.4 Å². The van der Waals surface area contributed by atoms with Crippen LogP contribution in [0.4, 0.5) is 17.2 Å². The highest BCUT2D eigenvalue weighted by Gasteiger charge is 2.22. The number of nitrogens with one attached hydrogen (secondary N) is 3. The molecule has 0 fully saturated rings. The topological polar surface area (TPSA) is 127 Å². The lowest BCUT2D eigenvalue weighted by Gasteiger charge is -2.16. The molecule has 0 radical (unpaired) electrons. The molecule has 10 heteroatoms. The number of nitrogens with zero attached hydrogens (tertiary/aromatic N) is 2. The summed E-state index contributed by atoms with van der Waals surface area (Å²) in [5, 5.41) is 14.5. The summed E-state index contributed by atoms with van der Waals surface area (Å²) in [5.74, 6) is -0.704. The van der Waals surface area contributed by atoms with Gasteiger partial charge in [-0.15, -0.1) is 12.4 Å². The Hall–Kier alpha value is -3.07. The van der Waals surface area contributed by atoms with Gasteiger partial charge in [-0.2, -0.15) is 0 Å². The summed E-state index contributed by atoms with van der Waals surface area (Å²) in [6.07, 6.45) is 1.53. The molecule has 2 heterocycles. The van der Waals surface area contributed by atoms with E-state index >= 15 is 0 Å². The normalized spacial score (nSPS) is 11.9. The zero-order chi connectivity index (χ0) is 17.1. The van der Waals surface area contributed by atoms with E-state index < -0.39 is 5.97 Å². The molecule has 0 saturated carbocycles. The molecule has 0 saturated heterocycles. The minimum atomic E-state index is -1.02. The Labute approximate surface area is 148 Å². The Morgan fingerprint density at radius 3 is 2.68 bits per heavy atom. The number of fused-ring (bicyclic) bond motifs is 1. The smallest absolute Gasteiger partial charge is 0.335 e. The number of halogens is 1.